The highest BCUT2D eigenvalue weighted by molar-refractivity contribution is 7.92. The molecule has 0 aliphatic rings. The van der Waals surface area contributed by atoms with Crippen LogP contribution >= 0.6 is 23.2 Å². The highest BCUT2D eigenvalue weighted by Crippen LogP contribution is 2.33. The summed E-state index contributed by atoms with van der Waals surface area (Å²) < 4.78 is 24.9. The van der Waals surface area contributed by atoms with Crippen molar-refractivity contribution in [2.45, 2.75) is 26.3 Å². The molecule has 0 atom stereocenters. The van der Waals surface area contributed by atoms with Gasteiger partial charge in [0, 0.05) is 19.0 Å². The van der Waals surface area contributed by atoms with Crippen LogP contribution in [-0.4, -0.2) is 33.2 Å². The molecule has 0 aliphatic carbocycles. The maximum Gasteiger partial charge on any atom is 0.232 e. The molecular formula is C13H18Cl2N2O3S. The number of carbonyl (C=O) groups is 1. The molecule has 0 radical (unpaired) electrons. The second-order valence-electron chi connectivity index (χ2n) is 4.88. The van der Waals surface area contributed by atoms with E-state index in [4.69, 9.17) is 23.2 Å². The van der Waals surface area contributed by atoms with Gasteiger partial charge in [-0.05, 0) is 26.0 Å². The van der Waals surface area contributed by atoms with Gasteiger partial charge in [0.2, 0.25) is 15.9 Å². The van der Waals surface area contributed by atoms with Crippen LogP contribution < -0.4 is 9.62 Å². The molecule has 1 amide bonds. The van der Waals surface area contributed by atoms with E-state index in [2.05, 4.69) is 5.32 Å². The van der Waals surface area contributed by atoms with Crippen LogP contribution in [0.1, 0.15) is 20.3 Å². The van der Waals surface area contributed by atoms with Gasteiger partial charge in [-0.25, -0.2) is 8.42 Å². The Hall–Kier alpha value is -0.980. The molecule has 0 aliphatic heterocycles. The smallest absolute Gasteiger partial charge is 0.232 e. The Balaban J connectivity index is 2.98. The van der Waals surface area contributed by atoms with E-state index in [0.29, 0.717) is 0 Å². The summed E-state index contributed by atoms with van der Waals surface area (Å²) >= 11 is 12.0. The zero-order valence-corrected chi connectivity index (χ0v) is 14.4. The number of hydrogen-bond donors (Lipinski definition) is 1. The molecule has 1 aromatic carbocycles. The SMILES string of the molecule is CC(C)NC(=O)CCN(c1cccc(Cl)c1Cl)S(C)(=O)=O. The lowest BCUT2D eigenvalue weighted by Gasteiger charge is -2.23. The number of benzene rings is 1. The monoisotopic (exact) mass is 352 g/mol. The summed E-state index contributed by atoms with van der Waals surface area (Å²) in [6.45, 7) is 3.66. The largest absolute Gasteiger partial charge is 0.354 e. The third kappa shape index (κ3) is 5.37. The van der Waals surface area contributed by atoms with E-state index < -0.39 is 10.0 Å². The van der Waals surface area contributed by atoms with Crippen LogP contribution in [0.4, 0.5) is 5.69 Å². The standard InChI is InChI=1S/C13H18Cl2N2O3S/c1-9(2)16-12(18)7-8-17(21(3,19)20)11-6-4-5-10(14)13(11)15/h4-6,9H,7-8H2,1-3H3,(H,16,18). The summed E-state index contributed by atoms with van der Waals surface area (Å²) in [6.07, 6.45) is 1.10. The van der Waals surface area contributed by atoms with E-state index in [0.717, 1.165) is 10.6 Å². The van der Waals surface area contributed by atoms with Crippen molar-refractivity contribution in [2.24, 2.45) is 0 Å². The number of nitrogens with zero attached hydrogens (tertiary/aromatic N) is 1. The van der Waals surface area contributed by atoms with Crippen molar-refractivity contribution >= 4 is 44.8 Å². The molecule has 8 heteroatoms. The zero-order chi connectivity index (χ0) is 16.2. The van der Waals surface area contributed by atoms with Crippen molar-refractivity contribution in [1.82, 2.24) is 5.32 Å². The first kappa shape index (κ1) is 18.1. The number of amides is 1. The lowest BCUT2D eigenvalue weighted by Crippen LogP contribution is -2.36. The van der Waals surface area contributed by atoms with Gasteiger partial charge in [0.15, 0.2) is 0 Å². The molecule has 0 fully saturated rings. The first-order chi connectivity index (χ1) is 9.62. The Morgan fingerprint density at radius 3 is 2.48 bits per heavy atom. The van der Waals surface area contributed by atoms with Gasteiger partial charge in [-0.2, -0.15) is 0 Å². The Morgan fingerprint density at radius 2 is 1.95 bits per heavy atom. The van der Waals surface area contributed by atoms with Crippen molar-refractivity contribution in [2.75, 3.05) is 17.1 Å². The summed E-state index contributed by atoms with van der Waals surface area (Å²) in [5.41, 5.74) is 0.268. The number of halogens is 2. The van der Waals surface area contributed by atoms with Gasteiger partial charge in [0.05, 0.1) is 22.0 Å². The molecule has 1 N–H and O–H groups in total. The topological polar surface area (TPSA) is 66.5 Å². The summed E-state index contributed by atoms with van der Waals surface area (Å²) in [4.78, 5) is 11.7. The van der Waals surface area contributed by atoms with Gasteiger partial charge in [-0.1, -0.05) is 29.3 Å². The number of rotatable bonds is 6. The van der Waals surface area contributed by atoms with Crippen molar-refractivity contribution < 1.29 is 13.2 Å². The van der Waals surface area contributed by atoms with Gasteiger partial charge in [0.1, 0.15) is 0 Å². The number of carbonyl (C=O) groups excluding carboxylic acids is 1. The van der Waals surface area contributed by atoms with Gasteiger partial charge in [-0.15, -0.1) is 0 Å². The van der Waals surface area contributed by atoms with Gasteiger partial charge < -0.3 is 5.32 Å². The molecule has 5 nitrogen and oxygen atoms in total. The van der Waals surface area contributed by atoms with Crippen LogP contribution in [0.3, 0.4) is 0 Å². The third-order valence-electron chi connectivity index (χ3n) is 2.59. The number of sulfonamides is 1. The molecule has 0 saturated heterocycles. The third-order valence-corrected chi connectivity index (χ3v) is 4.58. The van der Waals surface area contributed by atoms with Crippen molar-refractivity contribution in [3.63, 3.8) is 0 Å². The zero-order valence-electron chi connectivity index (χ0n) is 12.1. The van der Waals surface area contributed by atoms with E-state index in [1.165, 1.54) is 0 Å². The minimum Gasteiger partial charge on any atom is -0.354 e. The molecule has 0 aromatic heterocycles. The maximum absolute atomic E-state index is 11.9. The average Bonchev–Trinajstić information content (AvgIpc) is 2.32. The van der Waals surface area contributed by atoms with Crippen LogP contribution in [0.15, 0.2) is 18.2 Å². The lowest BCUT2D eigenvalue weighted by molar-refractivity contribution is -0.121. The van der Waals surface area contributed by atoms with Crippen LogP contribution in [0.5, 0.6) is 0 Å². The van der Waals surface area contributed by atoms with Gasteiger partial charge >= 0.3 is 0 Å². The van der Waals surface area contributed by atoms with Crippen molar-refractivity contribution in [3.8, 4) is 0 Å². The number of hydrogen-bond acceptors (Lipinski definition) is 3. The van der Waals surface area contributed by atoms with Crippen LogP contribution in [0.25, 0.3) is 0 Å². The number of anilines is 1. The molecular weight excluding hydrogens is 335 g/mol. The molecule has 1 aromatic rings. The van der Waals surface area contributed by atoms with Crippen molar-refractivity contribution in [3.05, 3.63) is 28.2 Å². The quantitative estimate of drug-likeness (QED) is 0.855. The van der Waals surface area contributed by atoms with Crippen LogP contribution in [-0.2, 0) is 14.8 Å². The molecule has 0 unspecified atom stereocenters. The summed E-state index contributed by atoms with van der Waals surface area (Å²) in [5, 5.41) is 3.11. The van der Waals surface area contributed by atoms with Gasteiger partial charge in [0.25, 0.3) is 0 Å². The fraction of sp³-hybridized carbons (Fsp3) is 0.462. The lowest BCUT2D eigenvalue weighted by atomic mass is 10.3. The second-order valence-corrected chi connectivity index (χ2v) is 7.57. The van der Waals surface area contributed by atoms with Crippen LogP contribution in [0.2, 0.25) is 10.0 Å². The Kier molecular flexibility index (Phi) is 6.31. The maximum atomic E-state index is 11.9. The molecule has 21 heavy (non-hydrogen) atoms. The minimum absolute atomic E-state index is 0.000980. The highest BCUT2D eigenvalue weighted by Gasteiger charge is 2.22. The fourth-order valence-corrected chi connectivity index (χ4v) is 3.13. The van der Waals surface area contributed by atoms with Crippen molar-refractivity contribution in [1.29, 1.82) is 0 Å². The average molecular weight is 353 g/mol. The number of nitrogens with one attached hydrogen (secondary N) is 1. The van der Waals surface area contributed by atoms with E-state index in [1.807, 2.05) is 13.8 Å². The van der Waals surface area contributed by atoms with Crippen LogP contribution in [0, 0.1) is 0 Å². The minimum atomic E-state index is -3.57. The van der Waals surface area contributed by atoms with E-state index in [1.54, 1.807) is 18.2 Å². The van der Waals surface area contributed by atoms with E-state index in [-0.39, 0.29) is 40.6 Å². The Morgan fingerprint density at radius 1 is 1.33 bits per heavy atom. The molecule has 0 spiro atoms. The fourth-order valence-electron chi connectivity index (χ4n) is 1.75. The molecule has 0 bridgehead atoms. The summed E-state index contributed by atoms with van der Waals surface area (Å²) in [6, 6.07) is 4.73. The Bertz CT molecular complexity index is 618. The second kappa shape index (κ2) is 7.33. The summed E-state index contributed by atoms with van der Waals surface area (Å²) in [5.74, 6) is -0.225. The van der Waals surface area contributed by atoms with E-state index in [9.17, 15) is 13.2 Å². The predicted molar refractivity (Wildman–Crippen MR) is 86.5 cm³/mol. The van der Waals surface area contributed by atoms with E-state index >= 15 is 0 Å². The van der Waals surface area contributed by atoms with Gasteiger partial charge in [-0.3, -0.25) is 9.10 Å². The molecule has 0 saturated carbocycles. The molecule has 0 heterocycles. The molecule has 118 valence electrons. The molecule has 1 rings (SSSR count). The Labute approximate surface area is 135 Å². The normalized spacial score (nSPS) is 11.5. The predicted octanol–water partition coefficient (Wildman–Crippen LogP) is 2.67. The highest BCUT2D eigenvalue weighted by atomic mass is 35.5. The first-order valence-corrected chi connectivity index (χ1v) is 8.94. The first-order valence-electron chi connectivity index (χ1n) is 6.34. The summed E-state index contributed by atoms with van der Waals surface area (Å²) in [7, 11) is -3.57.